The van der Waals surface area contributed by atoms with Crippen LogP contribution in [-0.2, 0) is 0 Å². The van der Waals surface area contributed by atoms with Gasteiger partial charge in [-0.1, -0.05) is 34.8 Å². The lowest BCUT2D eigenvalue weighted by Gasteiger charge is -2.01. The number of pyridine rings is 1. The Morgan fingerprint density at radius 2 is 1.85 bits per heavy atom. The maximum absolute atomic E-state index is 6.18. The zero-order valence-electron chi connectivity index (χ0n) is 9.98. The van der Waals surface area contributed by atoms with E-state index in [0.29, 0.717) is 15.2 Å². The molecule has 0 aliphatic carbocycles. The third-order valence-electron chi connectivity index (χ3n) is 2.70. The molecule has 6 heteroatoms. The van der Waals surface area contributed by atoms with E-state index < -0.39 is 0 Å². The smallest absolute Gasteiger partial charge is 0.139 e. The second kappa shape index (κ2) is 5.70. The van der Waals surface area contributed by atoms with Crippen LogP contribution in [-0.4, -0.2) is 9.97 Å². The van der Waals surface area contributed by atoms with Crippen molar-refractivity contribution in [2.24, 2.45) is 0 Å². The van der Waals surface area contributed by atoms with Crippen LogP contribution >= 0.6 is 46.1 Å². The number of rotatable bonds is 2. The number of nitrogens with zero attached hydrogens (tertiary/aromatic N) is 2. The fourth-order valence-corrected chi connectivity index (χ4v) is 3.26. The molecule has 0 unspecified atom stereocenters. The Labute approximate surface area is 135 Å². The second-order valence-corrected chi connectivity index (χ2v) is 6.06. The van der Waals surface area contributed by atoms with Gasteiger partial charge in [0.1, 0.15) is 10.2 Å². The molecule has 0 saturated carbocycles. The number of thiazole rings is 1. The molecule has 100 valence electrons. The molecule has 0 N–H and O–H groups in total. The minimum absolute atomic E-state index is 0.436. The van der Waals surface area contributed by atoms with Crippen LogP contribution in [0, 0.1) is 0 Å². The Kier molecular flexibility index (Phi) is 3.94. The van der Waals surface area contributed by atoms with E-state index in [1.165, 1.54) is 11.3 Å². The van der Waals surface area contributed by atoms with Crippen molar-refractivity contribution in [1.29, 1.82) is 0 Å². The molecule has 3 aromatic rings. The molecule has 0 aliphatic rings. The standard InChI is InChI=1S/C14H7Cl3N2S/c15-8-3-4-11(16)10(6-8)12-7-20-14(19-12)9-2-1-5-18-13(9)17/h1-7H. The number of aromatic nitrogens is 2. The molecule has 0 spiro atoms. The van der Waals surface area contributed by atoms with Gasteiger partial charge < -0.3 is 0 Å². The van der Waals surface area contributed by atoms with E-state index in [1.807, 2.05) is 17.5 Å². The number of benzene rings is 1. The molecule has 0 amide bonds. The first-order valence-corrected chi connectivity index (χ1v) is 7.68. The first kappa shape index (κ1) is 13.8. The highest BCUT2D eigenvalue weighted by Gasteiger charge is 2.12. The zero-order valence-corrected chi connectivity index (χ0v) is 13.1. The van der Waals surface area contributed by atoms with Crippen LogP contribution in [0.1, 0.15) is 0 Å². The van der Waals surface area contributed by atoms with Crippen LogP contribution in [0.2, 0.25) is 15.2 Å². The molecule has 1 aromatic carbocycles. The fraction of sp³-hybridized carbons (Fsp3) is 0. The molecule has 0 fully saturated rings. The average Bonchev–Trinajstić information content (AvgIpc) is 2.91. The van der Waals surface area contributed by atoms with E-state index in [9.17, 15) is 0 Å². The lowest BCUT2D eigenvalue weighted by molar-refractivity contribution is 1.31. The number of halogens is 3. The van der Waals surface area contributed by atoms with Gasteiger partial charge >= 0.3 is 0 Å². The van der Waals surface area contributed by atoms with Crippen LogP contribution in [0.3, 0.4) is 0 Å². The van der Waals surface area contributed by atoms with E-state index in [4.69, 9.17) is 34.8 Å². The van der Waals surface area contributed by atoms with E-state index >= 15 is 0 Å². The minimum atomic E-state index is 0.436. The predicted octanol–water partition coefficient (Wildman–Crippen LogP) is 5.83. The SMILES string of the molecule is Clc1ccc(Cl)c(-c2csc(-c3cccnc3Cl)n2)c1. The maximum atomic E-state index is 6.18. The molecular formula is C14H7Cl3N2S. The third-order valence-corrected chi connectivity index (χ3v) is 4.44. The first-order chi connectivity index (χ1) is 9.65. The monoisotopic (exact) mass is 340 g/mol. The van der Waals surface area contributed by atoms with Gasteiger partial charge in [-0.3, -0.25) is 0 Å². The lowest BCUT2D eigenvalue weighted by atomic mass is 10.2. The Hall–Kier alpha value is -1.13. The molecule has 0 bridgehead atoms. The van der Waals surface area contributed by atoms with Crippen molar-refractivity contribution in [2.45, 2.75) is 0 Å². The molecule has 2 aromatic heterocycles. The molecule has 0 radical (unpaired) electrons. The van der Waals surface area contributed by atoms with Gasteiger partial charge in [0.25, 0.3) is 0 Å². The van der Waals surface area contributed by atoms with E-state index in [0.717, 1.165) is 21.8 Å². The Balaban J connectivity index is 2.07. The summed E-state index contributed by atoms with van der Waals surface area (Å²) < 4.78 is 0. The Morgan fingerprint density at radius 1 is 1.00 bits per heavy atom. The Morgan fingerprint density at radius 3 is 2.65 bits per heavy atom. The van der Waals surface area contributed by atoms with Gasteiger partial charge in [0.05, 0.1) is 10.7 Å². The normalized spacial score (nSPS) is 10.8. The average molecular weight is 342 g/mol. The summed E-state index contributed by atoms with van der Waals surface area (Å²) in [6.07, 6.45) is 1.65. The van der Waals surface area contributed by atoms with Crippen LogP contribution < -0.4 is 0 Å². The van der Waals surface area contributed by atoms with Crippen molar-refractivity contribution in [3.63, 3.8) is 0 Å². The summed E-state index contributed by atoms with van der Waals surface area (Å²) in [5.74, 6) is 0. The molecule has 0 atom stereocenters. The summed E-state index contributed by atoms with van der Waals surface area (Å²) in [7, 11) is 0. The van der Waals surface area contributed by atoms with Gasteiger partial charge in [0.2, 0.25) is 0 Å². The molecule has 2 nitrogen and oxygen atoms in total. The van der Waals surface area contributed by atoms with Crippen LogP contribution in [0.5, 0.6) is 0 Å². The van der Waals surface area contributed by atoms with E-state index in [2.05, 4.69) is 9.97 Å². The summed E-state index contributed by atoms with van der Waals surface area (Å²) >= 11 is 19.8. The highest BCUT2D eigenvalue weighted by Crippen LogP contribution is 2.35. The van der Waals surface area contributed by atoms with Crippen molar-refractivity contribution >= 4 is 46.1 Å². The van der Waals surface area contributed by atoms with Gasteiger partial charge in [0.15, 0.2) is 0 Å². The molecule has 2 heterocycles. The molecule has 3 rings (SSSR count). The van der Waals surface area contributed by atoms with Crippen LogP contribution in [0.4, 0.5) is 0 Å². The summed E-state index contributed by atoms with van der Waals surface area (Å²) in [4.78, 5) is 8.62. The number of hydrogen-bond acceptors (Lipinski definition) is 3. The van der Waals surface area contributed by atoms with Gasteiger partial charge in [-0.25, -0.2) is 9.97 Å². The van der Waals surface area contributed by atoms with Gasteiger partial charge in [0, 0.05) is 27.7 Å². The van der Waals surface area contributed by atoms with Crippen LogP contribution in [0.25, 0.3) is 21.8 Å². The largest absolute Gasteiger partial charge is 0.244 e. The van der Waals surface area contributed by atoms with Crippen molar-refractivity contribution in [1.82, 2.24) is 9.97 Å². The van der Waals surface area contributed by atoms with Crippen LogP contribution in [0.15, 0.2) is 41.9 Å². The minimum Gasteiger partial charge on any atom is -0.244 e. The maximum Gasteiger partial charge on any atom is 0.139 e. The molecule has 20 heavy (non-hydrogen) atoms. The zero-order chi connectivity index (χ0) is 14.1. The fourth-order valence-electron chi connectivity index (χ4n) is 1.76. The second-order valence-electron chi connectivity index (χ2n) is 4.00. The van der Waals surface area contributed by atoms with Crippen molar-refractivity contribution in [2.75, 3.05) is 0 Å². The highest BCUT2D eigenvalue weighted by atomic mass is 35.5. The third kappa shape index (κ3) is 2.67. The van der Waals surface area contributed by atoms with Crippen molar-refractivity contribution in [3.05, 3.63) is 57.1 Å². The quantitative estimate of drug-likeness (QED) is 0.548. The highest BCUT2D eigenvalue weighted by molar-refractivity contribution is 7.13. The summed E-state index contributed by atoms with van der Waals surface area (Å²) in [5.41, 5.74) is 2.39. The Bertz CT molecular complexity index is 771. The lowest BCUT2D eigenvalue weighted by Crippen LogP contribution is -1.83. The summed E-state index contributed by atoms with van der Waals surface area (Å²) in [6.45, 7) is 0. The molecule has 0 aliphatic heterocycles. The van der Waals surface area contributed by atoms with Gasteiger partial charge in [-0.15, -0.1) is 11.3 Å². The van der Waals surface area contributed by atoms with Crippen molar-refractivity contribution in [3.8, 4) is 21.8 Å². The predicted molar refractivity (Wildman–Crippen MR) is 85.8 cm³/mol. The number of hydrogen-bond donors (Lipinski definition) is 0. The summed E-state index contributed by atoms with van der Waals surface area (Å²) in [6, 6.07) is 9.02. The van der Waals surface area contributed by atoms with E-state index in [-0.39, 0.29) is 0 Å². The molecule has 0 saturated heterocycles. The molecular weight excluding hydrogens is 335 g/mol. The topological polar surface area (TPSA) is 25.8 Å². The van der Waals surface area contributed by atoms with E-state index in [1.54, 1.807) is 24.4 Å². The first-order valence-electron chi connectivity index (χ1n) is 5.67. The van der Waals surface area contributed by atoms with Gasteiger partial charge in [-0.05, 0) is 30.3 Å². The van der Waals surface area contributed by atoms with Crippen molar-refractivity contribution < 1.29 is 0 Å². The summed E-state index contributed by atoms with van der Waals surface area (Å²) in [5, 5.41) is 4.40. The van der Waals surface area contributed by atoms with Gasteiger partial charge in [-0.2, -0.15) is 0 Å².